The van der Waals surface area contributed by atoms with E-state index in [-0.39, 0.29) is 42.4 Å². The average Bonchev–Trinajstić information content (AvgIpc) is 2.77. The van der Waals surface area contributed by atoms with Crippen molar-refractivity contribution in [2.75, 3.05) is 30.9 Å². The van der Waals surface area contributed by atoms with Gasteiger partial charge >= 0.3 is 0 Å². The predicted octanol–water partition coefficient (Wildman–Crippen LogP) is 1.74. The van der Waals surface area contributed by atoms with Crippen LogP contribution in [0.25, 0.3) is 11.2 Å². The first-order valence-electron chi connectivity index (χ1n) is 9.46. The van der Waals surface area contributed by atoms with Gasteiger partial charge in [0.25, 0.3) is 11.5 Å². The summed E-state index contributed by atoms with van der Waals surface area (Å²) in [4.78, 5) is 52.9. The smallest absolute Gasteiger partial charge is 0.280 e. The van der Waals surface area contributed by atoms with E-state index in [4.69, 9.17) is 0 Å². The number of rotatable bonds is 8. The van der Waals surface area contributed by atoms with Crippen molar-refractivity contribution in [2.24, 2.45) is 0 Å². The molecule has 0 radical (unpaired) electrons. The van der Waals surface area contributed by atoms with Gasteiger partial charge in [0, 0.05) is 31.8 Å². The molecule has 0 saturated heterocycles. The minimum Gasteiger partial charge on any atom is -0.369 e. The number of Topliss-reactive ketones (excluding diaryl/α,β-unsaturated/α-hetero) is 1. The van der Waals surface area contributed by atoms with Gasteiger partial charge in [-0.15, -0.1) is 0 Å². The van der Waals surface area contributed by atoms with E-state index in [1.165, 1.54) is 0 Å². The molecule has 0 atom stereocenters. The van der Waals surface area contributed by atoms with Crippen LogP contribution in [0.1, 0.15) is 36.8 Å². The molecule has 3 aromatic rings. The summed E-state index contributed by atoms with van der Waals surface area (Å²) in [5, 5.41) is 5.37. The third kappa shape index (κ3) is 5.62. The number of nitrogens with one attached hydrogen (secondary N) is 3. The molecule has 10 heteroatoms. The number of carbonyl (C=O) groups is 2. The van der Waals surface area contributed by atoms with Gasteiger partial charge in [0.15, 0.2) is 16.9 Å². The van der Waals surface area contributed by atoms with E-state index in [2.05, 4.69) is 30.6 Å². The molecule has 0 spiro atoms. The van der Waals surface area contributed by atoms with Crippen molar-refractivity contribution >= 4 is 34.5 Å². The largest absolute Gasteiger partial charge is 0.369 e. The van der Waals surface area contributed by atoms with Gasteiger partial charge in [0.2, 0.25) is 5.95 Å². The topological polar surface area (TPSA) is 133 Å². The SMILES string of the molecule is C.CCC(=O)CNC(=O)c1ccc(N(C)Cc2cnc3nc(NC)[nH]c(=O)c3n2)cc1. The number of hydrogen-bond donors (Lipinski definition) is 3. The first kappa shape index (κ1) is 23.5. The minimum absolute atomic E-state index is 0. The van der Waals surface area contributed by atoms with Gasteiger partial charge in [-0.2, -0.15) is 4.98 Å². The number of amides is 1. The van der Waals surface area contributed by atoms with Gasteiger partial charge in [-0.25, -0.2) is 9.97 Å². The molecule has 3 rings (SSSR count). The number of benzene rings is 1. The number of aromatic nitrogens is 4. The average molecular weight is 425 g/mol. The highest BCUT2D eigenvalue weighted by Crippen LogP contribution is 2.16. The molecule has 0 aliphatic heterocycles. The Morgan fingerprint density at radius 1 is 1.16 bits per heavy atom. The lowest BCUT2D eigenvalue weighted by atomic mass is 10.1. The quantitative estimate of drug-likeness (QED) is 0.497. The monoisotopic (exact) mass is 425 g/mol. The number of anilines is 2. The molecular formula is C21H27N7O3. The number of carbonyl (C=O) groups excluding carboxylic acids is 2. The van der Waals surface area contributed by atoms with Crippen molar-refractivity contribution in [3.8, 4) is 0 Å². The van der Waals surface area contributed by atoms with Gasteiger partial charge < -0.3 is 15.5 Å². The fourth-order valence-corrected chi connectivity index (χ4v) is 2.76. The number of nitrogens with zero attached hydrogens (tertiary/aromatic N) is 4. The van der Waals surface area contributed by atoms with Gasteiger partial charge in [-0.3, -0.25) is 19.4 Å². The fraction of sp³-hybridized carbons (Fsp3) is 0.333. The van der Waals surface area contributed by atoms with Crippen molar-refractivity contribution in [1.29, 1.82) is 0 Å². The summed E-state index contributed by atoms with van der Waals surface area (Å²) in [7, 11) is 3.52. The Hall–Kier alpha value is -3.82. The maximum absolute atomic E-state index is 12.2. The van der Waals surface area contributed by atoms with Crippen LogP contribution in [0.3, 0.4) is 0 Å². The van der Waals surface area contributed by atoms with Gasteiger partial charge in [-0.1, -0.05) is 14.4 Å². The van der Waals surface area contributed by atoms with E-state index < -0.39 is 0 Å². The molecule has 31 heavy (non-hydrogen) atoms. The van der Waals surface area contributed by atoms with Crippen molar-refractivity contribution in [1.82, 2.24) is 25.3 Å². The highest BCUT2D eigenvalue weighted by atomic mass is 16.2. The lowest BCUT2D eigenvalue weighted by molar-refractivity contribution is -0.117. The Kier molecular flexibility index (Phi) is 7.78. The van der Waals surface area contributed by atoms with Crippen molar-refractivity contribution in [2.45, 2.75) is 27.3 Å². The zero-order valence-corrected chi connectivity index (χ0v) is 17.0. The van der Waals surface area contributed by atoms with Crippen LogP contribution < -0.4 is 21.1 Å². The van der Waals surface area contributed by atoms with Crippen LogP contribution in [0.2, 0.25) is 0 Å². The minimum atomic E-state index is -0.363. The van der Waals surface area contributed by atoms with Crippen LogP contribution in [0.4, 0.5) is 11.6 Å². The van der Waals surface area contributed by atoms with E-state index in [0.717, 1.165) is 5.69 Å². The van der Waals surface area contributed by atoms with Crippen LogP contribution in [-0.4, -0.2) is 52.3 Å². The highest BCUT2D eigenvalue weighted by Gasteiger charge is 2.11. The Balaban J connectivity index is 0.00000341. The normalized spacial score (nSPS) is 10.3. The van der Waals surface area contributed by atoms with E-state index in [0.29, 0.717) is 30.2 Å². The number of aromatic amines is 1. The van der Waals surface area contributed by atoms with Crippen LogP contribution in [-0.2, 0) is 11.3 Å². The van der Waals surface area contributed by atoms with Crippen LogP contribution >= 0.6 is 0 Å². The molecule has 1 amide bonds. The number of hydrogen-bond acceptors (Lipinski definition) is 8. The number of H-pyrrole nitrogens is 1. The first-order valence-corrected chi connectivity index (χ1v) is 9.46. The second-order valence-corrected chi connectivity index (χ2v) is 6.68. The Bertz CT molecular complexity index is 1130. The first-order chi connectivity index (χ1) is 14.4. The summed E-state index contributed by atoms with van der Waals surface area (Å²) < 4.78 is 0. The Morgan fingerprint density at radius 2 is 1.87 bits per heavy atom. The molecule has 0 bridgehead atoms. The van der Waals surface area contributed by atoms with Crippen LogP contribution in [0, 0.1) is 0 Å². The lowest BCUT2D eigenvalue weighted by Crippen LogP contribution is -2.29. The maximum Gasteiger partial charge on any atom is 0.280 e. The van der Waals surface area contributed by atoms with Crippen LogP contribution in [0.5, 0.6) is 0 Å². The lowest BCUT2D eigenvalue weighted by Gasteiger charge is -2.19. The van der Waals surface area contributed by atoms with E-state index in [1.807, 2.05) is 11.9 Å². The molecule has 0 aliphatic carbocycles. The van der Waals surface area contributed by atoms with Crippen LogP contribution in [0.15, 0.2) is 35.3 Å². The highest BCUT2D eigenvalue weighted by molar-refractivity contribution is 5.97. The molecule has 3 N–H and O–H groups in total. The van der Waals surface area contributed by atoms with E-state index in [1.54, 1.807) is 44.4 Å². The molecule has 2 heterocycles. The second kappa shape index (κ2) is 10.3. The van der Waals surface area contributed by atoms with Crippen molar-refractivity contribution in [3.63, 3.8) is 0 Å². The molecular weight excluding hydrogens is 398 g/mol. The molecule has 1 aromatic carbocycles. The molecule has 10 nitrogen and oxygen atoms in total. The molecule has 0 aliphatic rings. The predicted molar refractivity (Wildman–Crippen MR) is 120 cm³/mol. The van der Waals surface area contributed by atoms with E-state index >= 15 is 0 Å². The summed E-state index contributed by atoms with van der Waals surface area (Å²) >= 11 is 0. The summed E-state index contributed by atoms with van der Waals surface area (Å²) in [5.41, 5.74) is 2.02. The zero-order valence-electron chi connectivity index (χ0n) is 17.0. The van der Waals surface area contributed by atoms with E-state index in [9.17, 15) is 14.4 Å². The Labute approximate surface area is 180 Å². The van der Waals surface area contributed by atoms with Crippen molar-refractivity contribution < 1.29 is 9.59 Å². The third-order valence-electron chi connectivity index (χ3n) is 4.51. The van der Waals surface area contributed by atoms with Gasteiger partial charge in [-0.05, 0) is 24.3 Å². The fourth-order valence-electron chi connectivity index (χ4n) is 2.76. The zero-order chi connectivity index (χ0) is 21.7. The summed E-state index contributed by atoms with van der Waals surface area (Å²) in [5.74, 6) is 0.0151. The third-order valence-corrected chi connectivity index (χ3v) is 4.51. The standard InChI is InChI=1S/C20H23N7O3.CH4/c1-4-15(28)10-23-18(29)12-5-7-14(8-6-12)27(3)11-13-9-22-17-16(24-13)19(30)26-20(21-2)25-17;/h5-9H,4,10-11H2,1-3H3,(H,23,29)(H2,21,22,25,26,30);1H4. The molecule has 164 valence electrons. The maximum atomic E-state index is 12.2. The molecule has 0 unspecified atom stereocenters. The van der Waals surface area contributed by atoms with Crippen molar-refractivity contribution in [3.05, 3.63) is 52.1 Å². The van der Waals surface area contributed by atoms with Gasteiger partial charge in [0.1, 0.15) is 0 Å². The summed E-state index contributed by atoms with van der Waals surface area (Å²) in [6, 6.07) is 6.99. The summed E-state index contributed by atoms with van der Waals surface area (Å²) in [6.45, 7) is 2.19. The molecule has 0 fully saturated rings. The molecule has 2 aromatic heterocycles. The number of ketones is 1. The Morgan fingerprint density at radius 3 is 2.52 bits per heavy atom. The summed E-state index contributed by atoms with van der Waals surface area (Å²) in [6.07, 6.45) is 1.97. The second-order valence-electron chi connectivity index (χ2n) is 6.68. The molecule has 0 saturated carbocycles. The van der Waals surface area contributed by atoms with Gasteiger partial charge in [0.05, 0.1) is 25.0 Å². The number of fused-ring (bicyclic) bond motifs is 1.